The van der Waals surface area contributed by atoms with Crippen molar-refractivity contribution in [2.75, 3.05) is 7.05 Å². The number of hydrogen-bond acceptors (Lipinski definition) is 3. The van der Waals surface area contributed by atoms with Crippen molar-refractivity contribution in [2.24, 2.45) is 0 Å². The largest absolute Gasteiger partial charge is 0.508 e. The lowest BCUT2D eigenvalue weighted by molar-refractivity contribution is 0.0958. The van der Waals surface area contributed by atoms with Crippen LogP contribution in [0.25, 0.3) is 0 Å². The van der Waals surface area contributed by atoms with E-state index < -0.39 is 0 Å². The zero-order chi connectivity index (χ0) is 15.0. The molecule has 1 heterocycles. The monoisotopic (exact) mass is 283 g/mol. The molecule has 4 nitrogen and oxygen atoms in total. The zero-order valence-corrected chi connectivity index (χ0v) is 12.0. The number of carbonyl (C=O) groups is 1. The van der Waals surface area contributed by atoms with Crippen molar-refractivity contribution in [3.63, 3.8) is 0 Å². The predicted molar refractivity (Wildman–Crippen MR) is 79.9 cm³/mol. The molecule has 0 unspecified atom stereocenters. The number of hydrogen-bond donors (Lipinski definition) is 2. The van der Waals surface area contributed by atoms with E-state index in [2.05, 4.69) is 5.32 Å². The second-order valence-corrected chi connectivity index (χ2v) is 5.20. The molecule has 0 fully saturated rings. The maximum Gasteiger partial charge on any atom is 0.254 e. The Labute approximate surface area is 123 Å². The van der Waals surface area contributed by atoms with Gasteiger partial charge < -0.3 is 15.2 Å². The molecular weight excluding hydrogens is 266 g/mol. The molecule has 0 saturated heterocycles. The number of carbonyl (C=O) groups excluding carboxylic acids is 1. The molecular formula is C17H17NO3. The minimum absolute atomic E-state index is 0.0108. The maximum atomic E-state index is 11.9. The molecule has 0 radical (unpaired) electrons. The van der Waals surface area contributed by atoms with Crippen LogP contribution in [0.2, 0.25) is 0 Å². The van der Waals surface area contributed by atoms with Gasteiger partial charge in [-0.3, -0.25) is 4.79 Å². The molecule has 2 N–H and O–H groups in total. The highest BCUT2D eigenvalue weighted by molar-refractivity contribution is 5.97. The number of benzene rings is 2. The quantitative estimate of drug-likeness (QED) is 0.891. The van der Waals surface area contributed by atoms with Gasteiger partial charge in [0, 0.05) is 18.5 Å². The summed E-state index contributed by atoms with van der Waals surface area (Å²) in [5.41, 5.74) is 2.51. The van der Waals surface area contributed by atoms with Gasteiger partial charge in [0.1, 0.15) is 17.6 Å². The van der Waals surface area contributed by atoms with Crippen LogP contribution in [0.1, 0.15) is 34.3 Å². The first-order valence-corrected chi connectivity index (χ1v) is 6.92. The van der Waals surface area contributed by atoms with Crippen molar-refractivity contribution >= 4 is 5.91 Å². The van der Waals surface area contributed by atoms with E-state index in [9.17, 15) is 9.90 Å². The number of nitrogens with one attached hydrogen (secondary N) is 1. The molecule has 4 heteroatoms. The minimum atomic E-state index is -0.157. The molecule has 0 saturated carbocycles. The fourth-order valence-electron chi connectivity index (χ4n) is 2.92. The van der Waals surface area contributed by atoms with Crippen LogP contribution >= 0.6 is 0 Å². The molecule has 0 spiro atoms. The lowest BCUT2D eigenvalue weighted by Gasteiger charge is -2.15. The Morgan fingerprint density at radius 3 is 2.71 bits per heavy atom. The van der Waals surface area contributed by atoms with Gasteiger partial charge in [0.05, 0.1) is 5.56 Å². The first-order valence-electron chi connectivity index (χ1n) is 6.92. The first-order chi connectivity index (χ1) is 10.1. The fourth-order valence-corrected chi connectivity index (χ4v) is 2.92. The van der Waals surface area contributed by atoms with E-state index in [1.165, 1.54) is 0 Å². The Kier molecular flexibility index (Phi) is 3.29. The number of phenolic OH excluding ortho intramolecular Hbond substituents is 1. The molecule has 2 aromatic carbocycles. The van der Waals surface area contributed by atoms with Gasteiger partial charge >= 0.3 is 0 Å². The van der Waals surface area contributed by atoms with Crippen LogP contribution in [-0.4, -0.2) is 24.2 Å². The topological polar surface area (TPSA) is 58.6 Å². The summed E-state index contributed by atoms with van der Waals surface area (Å²) in [6.45, 7) is 1.97. The van der Waals surface area contributed by atoms with E-state index in [1.54, 1.807) is 25.2 Å². The Bertz CT molecular complexity index is 696. The first kappa shape index (κ1) is 13.5. The predicted octanol–water partition coefficient (Wildman–Crippen LogP) is 2.66. The standard InChI is InChI=1S/C17H17NO3/c1-10-15(11-5-3-6-12(19)9-11)13-7-4-8-14(16(13)21-10)17(20)18-2/h3-10,15,19H,1-2H3,(H,18,20)/t10-,15-/m0/s1. The van der Waals surface area contributed by atoms with Crippen molar-refractivity contribution in [1.29, 1.82) is 0 Å². The van der Waals surface area contributed by atoms with Crippen molar-refractivity contribution in [3.05, 3.63) is 59.2 Å². The maximum absolute atomic E-state index is 11.9. The van der Waals surface area contributed by atoms with Gasteiger partial charge in [0.15, 0.2) is 0 Å². The number of phenols is 1. The number of fused-ring (bicyclic) bond motifs is 1. The third kappa shape index (κ3) is 2.23. The summed E-state index contributed by atoms with van der Waals surface area (Å²) in [6, 6.07) is 12.8. The number of ether oxygens (including phenoxy) is 1. The molecule has 1 aliphatic heterocycles. The van der Waals surface area contributed by atoms with E-state index >= 15 is 0 Å². The highest BCUT2D eigenvalue weighted by atomic mass is 16.5. The van der Waals surface area contributed by atoms with Crippen LogP contribution in [0.15, 0.2) is 42.5 Å². The smallest absolute Gasteiger partial charge is 0.254 e. The van der Waals surface area contributed by atoms with Crippen LogP contribution in [-0.2, 0) is 0 Å². The summed E-state index contributed by atoms with van der Waals surface area (Å²) in [6.07, 6.45) is -0.0902. The van der Waals surface area contributed by atoms with E-state index in [1.807, 2.05) is 31.2 Å². The molecule has 2 aromatic rings. The Hall–Kier alpha value is -2.49. The van der Waals surface area contributed by atoms with Gasteiger partial charge in [-0.15, -0.1) is 0 Å². The average Bonchev–Trinajstić information content (AvgIpc) is 2.82. The highest BCUT2D eigenvalue weighted by Gasteiger charge is 2.35. The summed E-state index contributed by atoms with van der Waals surface area (Å²) in [5.74, 6) is 0.723. The fraction of sp³-hybridized carbons (Fsp3) is 0.235. The number of para-hydroxylation sites is 1. The van der Waals surface area contributed by atoms with E-state index in [0.29, 0.717) is 11.3 Å². The second-order valence-electron chi connectivity index (χ2n) is 5.20. The normalized spacial score (nSPS) is 19.7. The lowest BCUT2D eigenvalue weighted by atomic mass is 9.88. The van der Waals surface area contributed by atoms with Crippen LogP contribution in [0.4, 0.5) is 0 Å². The van der Waals surface area contributed by atoms with Crippen molar-refractivity contribution in [2.45, 2.75) is 18.9 Å². The molecule has 108 valence electrons. The van der Waals surface area contributed by atoms with Crippen molar-refractivity contribution in [3.8, 4) is 11.5 Å². The van der Waals surface area contributed by atoms with Gasteiger partial charge in [-0.25, -0.2) is 0 Å². The summed E-state index contributed by atoms with van der Waals surface area (Å²) in [5, 5.41) is 12.3. The van der Waals surface area contributed by atoms with Crippen LogP contribution in [0.5, 0.6) is 11.5 Å². The van der Waals surface area contributed by atoms with E-state index in [4.69, 9.17) is 4.74 Å². The molecule has 2 atom stereocenters. The van der Waals surface area contributed by atoms with Crippen LogP contribution < -0.4 is 10.1 Å². The van der Waals surface area contributed by atoms with Crippen molar-refractivity contribution in [1.82, 2.24) is 5.32 Å². The highest BCUT2D eigenvalue weighted by Crippen LogP contribution is 2.44. The van der Waals surface area contributed by atoms with Crippen LogP contribution in [0.3, 0.4) is 0 Å². The van der Waals surface area contributed by atoms with Gasteiger partial charge in [0.2, 0.25) is 0 Å². The third-order valence-corrected chi connectivity index (χ3v) is 3.85. The third-order valence-electron chi connectivity index (χ3n) is 3.85. The summed E-state index contributed by atoms with van der Waals surface area (Å²) in [4.78, 5) is 11.9. The molecule has 3 rings (SSSR count). The SMILES string of the molecule is CNC(=O)c1cccc2c1O[C@@H](C)[C@H]2c1cccc(O)c1. The van der Waals surface area contributed by atoms with E-state index in [-0.39, 0.29) is 23.7 Å². The summed E-state index contributed by atoms with van der Waals surface area (Å²) in [7, 11) is 1.60. The molecule has 0 aliphatic carbocycles. The zero-order valence-electron chi connectivity index (χ0n) is 12.0. The lowest BCUT2D eigenvalue weighted by Crippen LogP contribution is -2.19. The molecule has 1 amide bonds. The summed E-state index contributed by atoms with van der Waals surface area (Å²) >= 11 is 0. The van der Waals surface area contributed by atoms with Crippen molar-refractivity contribution < 1.29 is 14.6 Å². The summed E-state index contributed by atoms with van der Waals surface area (Å²) < 4.78 is 5.93. The number of aromatic hydroxyl groups is 1. The molecule has 1 aliphatic rings. The van der Waals surface area contributed by atoms with Gasteiger partial charge in [-0.05, 0) is 30.7 Å². The number of amides is 1. The Morgan fingerprint density at radius 2 is 2.00 bits per heavy atom. The molecule has 0 bridgehead atoms. The van der Waals surface area contributed by atoms with Crippen LogP contribution in [0, 0.1) is 0 Å². The minimum Gasteiger partial charge on any atom is -0.508 e. The Morgan fingerprint density at radius 1 is 1.24 bits per heavy atom. The van der Waals surface area contributed by atoms with Gasteiger partial charge in [0.25, 0.3) is 5.91 Å². The molecule has 21 heavy (non-hydrogen) atoms. The number of rotatable bonds is 2. The van der Waals surface area contributed by atoms with Gasteiger partial charge in [-0.1, -0.05) is 24.3 Å². The van der Waals surface area contributed by atoms with Gasteiger partial charge in [-0.2, -0.15) is 0 Å². The molecule has 0 aromatic heterocycles. The van der Waals surface area contributed by atoms with E-state index in [0.717, 1.165) is 11.1 Å². The second kappa shape index (κ2) is 5.13. The average molecular weight is 283 g/mol. The Balaban J connectivity index is 2.10.